The molecule has 6 heteroatoms. The van der Waals surface area contributed by atoms with Gasteiger partial charge in [-0.05, 0) is 53.2 Å². The lowest BCUT2D eigenvalue weighted by Crippen LogP contribution is -2.13. The van der Waals surface area contributed by atoms with Crippen LogP contribution in [0.5, 0.6) is 11.5 Å². The SMILES string of the molecule is COc1ccc2oc(-c3cccc(NC(=O)c4cc5ccccc5cc4OC)c3)nc2c1. The van der Waals surface area contributed by atoms with E-state index in [2.05, 4.69) is 10.3 Å². The number of aromatic nitrogens is 1. The van der Waals surface area contributed by atoms with Crippen molar-refractivity contribution in [2.24, 2.45) is 0 Å². The summed E-state index contributed by atoms with van der Waals surface area (Å²) in [5, 5.41) is 4.93. The van der Waals surface area contributed by atoms with Crippen LogP contribution in [0.15, 0.2) is 83.3 Å². The molecule has 0 saturated heterocycles. The zero-order valence-corrected chi connectivity index (χ0v) is 17.6. The first kappa shape index (κ1) is 19.6. The highest BCUT2D eigenvalue weighted by molar-refractivity contribution is 6.09. The van der Waals surface area contributed by atoms with Gasteiger partial charge < -0.3 is 19.2 Å². The first-order valence-electron chi connectivity index (χ1n) is 10.1. The summed E-state index contributed by atoms with van der Waals surface area (Å²) in [6.45, 7) is 0. The van der Waals surface area contributed by atoms with Gasteiger partial charge in [-0.15, -0.1) is 0 Å². The van der Waals surface area contributed by atoms with Crippen LogP contribution >= 0.6 is 0 Å². The number of hydrogen-bond acceptors (Lipinski definition) is 5. The average molecular weight is 424 g/mol. The number of benzene rings is 4. The van der Waals surface area contributed by atoms with Crippen molar-refractivity contribution < 1.29 is 18.7 Å². The number of hydrogen-bond donors (Lipinski definition) is 1. The zero-order chi connectivity index (χ0) is 22.1. The van der Waals surface area contributed by atoms with Gasteiger partial charge in [-0.25, -0.2) is 4.98 Å². The van der Waals surface area contributed by atoms with Gasteiger partial charge in [0, 0.05) is 17.3 Å². The van der Waals surface area contributed by atoms with Gasteiger partial charge in [0.05, 0.1) is 19.8 Å². The van der Waals surface area contributed by atoms with E-state index >= 15 is 0 Å². The van der Waals surface area contributed by atoms with Crippen molar-refractivity contribution in [2.45, 2.75) is 0 Å². The third-order valence-electron chi connectivity index (χ3n) is 5.27. The monoisotopic (exact) mass is 424 g/mol. The molecule has 0 bridgehead atoms. The second-order valence-corrected chi connectivity index (χ2v) is 7.29. The van der Waals surface area contributed by atoms with E-state index in [1.807, 2.05) is 78.9 Å². The van der Waals surface area contributed by atoms with Gasteiger partial charge in [-0.1, -0.05) is 30.3 Å². The number of carbonyl (C=O) groups is 1. The van der Waals surface area contributed by atoms with Crippen LogP contribution in [0, 0.1) is 0 Å². The van der Waals surface area contributed by atoms with E-state index in [0.717, 1.165) is 16.3 Å². The number of methoxy groups -OCH3 is 2. The van der Waals surface area contributed by atoms with Crippen LogP contribution in [0.4, 0.5) is 5.69 Å². The summed E-state index contributed by atoms with van der Waals surface area (Å²) in [4.78, 5) is 17.6. The third-order valence-corrected chi connectivity index (χ3v) is 5.27. The Balaban J connectivity index is 1.45. The molecule has 0 aliphatic rings. The van der Waals surface area contributed by atoms with Crippen LogP contribution in [0.2, 0.25) is 0 Å². The van der Waals surface area contributed by atoms with Gasteiger partial charge >= 0.3 is 0 Å². The van der Waals surface area contributed by atoms with Crippen molar-refractivity contribution in [1.82, 2.24) is 4.98 Å². The molecule has 0 radical (unpaired) electrons. The number of fused-ring (bicyclic) bond motifs is 2. The molecule has 4 aromatic carbocycles. The van der Waals surface area contributed by atoms with E-state index in [0.29, 0.717) is 39.7 Å². The maximum absolute atomic E-state index is 13.1. The molecule has 5 rings (SSSR count). The number of nitrogens with zero attached hydrogens (tertiary/aromatic N) is 1. The van der Waals surface area contributed by atoms with Gasteiger partial charge in [-0.2, -0.15) is 0 Å². The van der Waals surface area contributed by atoms with Crippen molar-refractivity contribution in [3.63, 3.8) is 0 Å². The summed E-state index contributed by atoms with van der Waals surface area (Å²) >= 11 is 0. The van der Waals surface area contributed by atoms with Gasteiger partial charge in [0.2, 0.25) is 5.89 Å². The van der Waals surface area contributed by atoms with Gasteiger partial charge in [0.15, 0.2) is 5.58 Å². The van der Waals surface area contributed by atoms with Crippen molar-refractivity contribution in [1.29, 1.82) is 0 Å². The normalized spacial score (nSPS) is 10.9. The smallest absolute Gasteiger partial charge is 0.259 e. The predicted molar refractivity (Wildman–Crippen MR) is 124 cm³/mol. The van der Waals surface area contributed by atoms with Crippen LogP contribution in [-0.4, -0.2) is 25.1 Å². The van der Waals surface area contributed by atoms with Gasteiger partial charge in [0.25, 0.3) is 5.91 Å². The van der Waals surface area contributed by atoms with E-state index in [1.165, 1.54) is 0 Å². The van der Waals surface area contributed by atoms with E-state index < -0.39 is 0 Å². The number of amides is 1. The van der Waals surface area contributed by atoms with E-state index in [-0.39, 0.29) is 5.91 Å². The Morgan fingerprint density at radius 3 is 2.47 bits per heavy atom. The number of nitrogens with one attached hydrogen (secondary N) is 1. The van der Waals surface area contributed by atoms with Crippen molar-refractivity contribution in [2.75, 3.05) is 19.5 Å². The zero-order valence-electron chi connectivity index (χ0n) is 17.6. The second-order valence-electron chi connectivity index (χ2n) is 7.29. The number of rotatable bonds is 5. The van der Waals surface area contributed by atoms with Crippen molar-refractivity contribution in [3.8, 4) is 23.0 Å². The van der Waals surface area contributed by atoms with Crippen LogP contribution in [-0.2, 0) is 0 Å². The summed E-state index contributed by atoms with van der Waals surface area (Å²) < 4.78 is 16.6. The molecule has 1 N–H and O–H groups in total. The first-order chi connectivity index (χ1) is 15.6. The highest BCUT2D eigenvalue weighted by atomic mass is 16.5. The summed E-state index contributed by atoms with van der Waals surface area (Å²) in [6, 6.07) is 24.4. The Morgan fingerprint density at radius 2 is 1.69 bits per heavy atom. The van der Waals surface area contributed by atoms with Gasteiger partial charge in [-0.3, -0.25) is 4.79 Å². The molecular weight excluding hydrogens is 404 g/mol. The molecule has 1 aromatic heterocycles. The summed E-state index contributed by atoms with van der Waals surface area (Å²) in [5.41, 5.74) is 3.21. The Morgan fingerprint density at radius 1 is 0.875 bits per heavy atom. The van der Waals surface area contributed by atoms with E-state index in [1.54, 1.807) is 14.2 Å². The number of oxazole rings is 1. The Kier molecular flexibility index (Phi) is 4.95. The molecule has 0 aliphatic heterocycles. The molecule has 5 aromatic rings. The molecule has 32 heavy (non-hydrogen) atoms. The van der Waals surface area contributed by atoms with Gasteiger partial charge in [0.1, 0.15) is 17.0 Å². The second kappa shape index (κ2) is 8.07. The largest absolute Gasteiger partial charge is 0.497 e. The summed E-state index contributed by atoms with van der Waals surface area (Å²) in [6.07, 6.45) is 0. The lowest BCUT2D eigenvalue weighted by molar-refractivity contribution is 0.102. The molecule has 1 amide bonds. The minimum atomic E-state index is -0.257. The minimum absolute atomic E-state index is 0.257. The molecule has 1 heterocycles. The van der Waals surface area contributed by atoms with Crippen LogP contribution in [0.3, 0.4) is 0 Å². The standard InChI is InChI=1S/C26H20N2O4/c1-30-20-10-11-23-22(15-20)28-26(32-23)18-8-5-9-19(12-18)27-25(29)21-13-16-6-3-4-7-17(16)14-24(21)31-2/h3-15H,1-2H3,(H,27,29). The Hall–Kier alpha value is -4.32. The third kappa shape index (κ3) is 3.63. The fraction of sp³-hybridized carbons (Fsp3) is 0.0769. The first-order valence-corrected chi connectivity index (χ1v) is 10.1. The van der Waals surface area contributed by atoms with Crippen LogP contribution in [0.1, 0.15) is 10.4 Å². The maximum atomic E-state index is 13.1. The Labute approximate surface area is 184 Å². The van der Waals surface area contributed by atoms with Crippen molar-refractivity contribution in [3.05, 3.63) is 84.4 Å². The quantitative estimate of drug-likeness (QED) is 0.379. The molecule has 0 unspecified atom stereocenters. The molecule has 0 atom stereocenters. The number of anilines is 1. The van der Waals surface area contributed by atoms with Crippen LogP contribution < -0.4 is 14.8 Å². The fourth-order valence-corrected chi connectivity index (χ4v) is 3.65. The van der Waals surface area contributed by atoms with Crippen molar-refractivity contribution >= 4 is 33.5 Å². The molecule has 0 spiro atoms. The highest BCUT2D eigenvalue weighted by Gasteiger charge is 2.15. The van der Waals surface area contributed by atoms with E-state index in [4.69, 9.17) is 13.9 Å². The molecule has 0 saturated carbocycles. The average Bonchev–Trinajstić information content (AvgIpc) is 3.26. The number of carbonyl (C=O) groups excluding carboxylic acids is 1. The predicted octanol–water partition coefficient (Wildman–Crippen LogP) is 5.92. The lowest BCUT2D eigenvalue weighted by Gasteiger charge is -2.11. The molecule has 158 valence electrons. The Bertz CT molecular complexity index is 1460. The molecule has 0 aliphatic carbocycles. The van der Waals surface area contributed by atoms with Crippen LogP contribution in [0.25, 0.3) is 33.3 Å². The maximum Gasteiger partial charge on any atom is 0.259 e. The number of ether oxygens (including phenoxy) is 2. The molecular formula is C26H20N2O4. The molecule has 0 fully saturated rings. The highest BCUT2D eigenvalue weighted by Crippen LogP contribution is 2.30. The van der Waals surface area contributed by atoms with E-state index in [9.17, 15) is 4.79 Å². The lowest BCUT2D eigenvalue weighted by atomic mass is 10.1. The fourth-order valence-electron chi connectivity index (χ4n) is 3.65. The molecule has 6 nitrogen and oxygen atoms in total. The topological polar surface area (TPSA) is 73.6 Å². The summed E-state index contributed by atoms with van der Waals surface area (Å²) in [5.74, 6) is 1.44. The minimum Gasteiger partial charge on any atom is -0.497 e. The summed E-state index contributed by atoms with van der Waals surface area (Å²) in [7, 11) is 3.17.